The zero-order chi connectivity index (χ0) is 28.2. The molecule has 0 aliphatic rings. The molecule has 0 spiro atoms. The normalized spacial score (nSPS) is 12.2. The highest BCUT2D eigenvalue weighted by Gasteiger charge is 2.33. The number of nitrogens with zero attached hydrogens (tertiary/aromatic N) is 1. The summed E-state index contributed by atoms with van der Waals surface area (Å²) in [6, 6.07) is 20.3. The van der Waals surface area contributed by atoms with Crippen LogP contribution in [-0.4, -0.2) is 34.9 Å². The van der Waals surface area contributed by atoms with E-state index in [1.54, 1.807) is 25.1 Å². The van der Waals surface area contributed by atoms with Gasteiger partial charge in [0.15, 0.2) is 0 Å². The third kappa shape index (κ3) is 6.94. The summed E-state index contributed by atoms with van der Waals surface area (Å²) in [4.78, 5) is 29.8. The van der Waals surface area contributed by atoms with E-state index in [0.717, 1.165) is 10.0 Å². The van der Waals surface area contributed by atoms with E-state index in [9.17, 15) is 27.9 Å². The second kappa shape index (κ2) is 11.9. The maximum absolute atomic E-state index is 13.7. The number of aromatic nitrogens is 1. The number of para-hydroxylation sites is 1. The monoisotopic (exact) mass is 600 g/mol. The molecule has 1 unspecified atom stereocenters. The van der Waals surface area contributed by atoms with Crippen LogP contribution in [0.1, 0.15) is 40.2 Å². The second-order valence-electron chi connectivity index (χ2n) is 8.91. The van der Waals surface area contributed by atoms with Crippen molar-refractivity contribution in [3.63, 3.8) is 0 Å². The number of halogens is 4. The highest BCUT2D eigenvalue weighted by molar-refractivity contribution is 9.10. The number of hydrogen-bond acceptors (Lipinski definition) is 4. The summed E-state index contributed by atoms with van der Waals surface area (Å²) in [6.45, 7) is 1.68. The Hall–Kier alpha value is -3.92. The average Bonchev–Trinajstić information content (AvgIpc) is 2.88. The van der Waals surface area contributed by atoms with Gasteiger partial charge in [0.2, 0.25) is 0 Å². The Kier molecular flexibility index (Phi) is 8.54. The van der Waals surface area contributed by atoms with Crippen LogP contribution in [0.25, 0.3) is 22.2 Å². The summed E-state index contributed by atoms with van der Waals surface area (Å²) in [5, 5.41) is 12.7. The number of nitrogens with one attached hydrogen (secondary N) is 1. The van der Waals surface area contributed by atoms with Crippen LogP contribution in [0.3, 0.4) is 0 Å². The van der Waals surface area contributed by atoms with Crippen molar-refractivity contribution in [2.45, 2.75) is 32.0 Å². The average molecular weight is 601 g/mol. The number of fused-ring (bicyclic) bond motifs is 1. The lowest BCUT2D eigenvalue weighted by atomic mass is 9.92. The van der Waals surface area contributed by atoms with Crippen LogP contribution in [0.4, 0.5) is 13.2 Å². The van der Waals surface area contributed by atoms with Gasteiger partial charge in [-0.25, -0.2) is 4.98 Å². The number of carbonyl (C=O) groups is 2. The molecule has 3 aromatic carbocycles. The lowest BCUT2D eigenvalue weighted by Crippen LogP contribution is -2.30. The molecule has 0 bridgehead atoms. The van der Waals surface area contributed by atoms with Crippen molar-refractivity contribution in [1.29, 1.82) is 0 Å². The first-order valence-electron chi connectivity index (χ1n) is 12.0. The predicted octanol–water partition coefficient (Wildman–Crippen LogP) is 7.25. The van der Waals surface area contributed by atoms with Gasteiger partial charge in [-0.1, -0.05) is 64.5 Å². The molecule has 6 nitrogen and oxygen atoms in total. The molecule has 1 aromatic heterocycles. The van der Waals surface area contributed by atoms with Crippen molar-refractivity contribution < 1.29 is 32.6 Å². The molecule has 39 heavy (non-hydrogen) atoms. The second-order valence-corrected chi connectivity index (χ2v) is 9.83. The standard InChI is InChI=1S/C29H24BrF3N2O4/c1-17-26(22-15-20(30)12-13-23(22)35-27(17)18-7-3-2-4-8-18)28(38)34-16-19(11-14-25(36)37)21-9-5-6-10-24(21)39-29(31,32)33/h2-10,12-13,15,19H,11,14,16H2,1H3,(H,34,38)(H,36,37). The number of benzene rings is 3. The summed E-state index contributed by atoms with van der Waals surface area (Å²) in [7, 11) is 0. The summed E-state index contributed by atoms with van der Waals surface area (Å²) in [6.07, 6.45) is -5.24. The van der Waals surface area contributed by atoms with E-state index in [4.69, 9.17) is 4.98 Å². The molecule has 0 aliphatic carbocycles. The third-order valence-electron chi connectivity index (χ3n) is 6.26. The van der Waals surface area contributed by atoms with Gasteiger partial charge in [0, 0.05) is 34.3 Å². The number of amides is 1. The Morgan fingerprint density at radius 3 is 2.44 bits per heavy atom. The molecule has 2 N–H and O–H groups in total. The number of carboxylic acids is 1. The minimum Gasteiger partial charge on any atom is -0.481 e. The Morgan fingerprint density at radius 1 is 1.05 bits per heavy atom. The zero-order valence-corrected chi connectivity index (χ0v) is 22.3. The van der Waals surface area contributed by atoms with E-state index >= 15 is 0 Å². The molecule has 1 atom stereocenters. The predicted molar refractivity (Wildman–Crippen MR) is 145 cm³/mol. The van der Waals surface area contributed by atoms with E-state index in [0.29, 0.717) is 27.7 Å². The van der Waals surface area contributed by atoms with Crippen LogP contribution < -0.4 is 10.1 Å². The van der Waals surface area contributed by atoms with Crippen molar-refractivity contribution in [3.8, 4) is 17.0 Å². The molecule has 0 saturated carbocycles. The van der Waals surface area contributed by atoms with Gasteiger partial charge in [0.05, 0.1) is 16.8 Å². The van der Waals surface area contributed by atoms with Crippen molar-refractivity contribution in [2.75, 3.05) is 6.54 Å². The molecular formula is C29H24BrF3N2O4. The van der Waals surface area contributed by atoms with Gasteiger partial charge >= 0.3 is 12.3 Å². The molecule has 4 rings (SSSR count). The molecular weight excluding hydrogens is 577 g/mol. The van der Waals surface area contributed by atoms with E-state index in [2.05, 4.69) is 26.0 Å². The van der Waals surface area contributed by atoms with Gasteiger partial charge in [-0.05, 0) is 48.7 Å². The first-order chi connectivity index (χ1) is 18.5. The highest BCUT2D eigenvalue weighted by atomic mass is 79.9. The molecule has 1 heterocycles. The molecule has 202 valence electrons. The maximum atomic E-state index is 13.7. The van der Waals surface area contributed by atoms with Gasteiger partial charge in [0.25, 0.3) is 5.91 Å². The number of aliphatic carboxylic acids is 1. The zero-order valence-electron chi connectivity index (χ0n) is 20.8. The van der Waals surface area contributed by atoms with Crippen molar-refractivity contribution in [3.05, 3.63) is 94.0 Å². The summed E-state index contributed by atoms with van der Waals surface area (Å²) < 4.78 is 44.1. The fourth-order valence-corrected chi connectivity index (χ4v) is 4.87. The van der Waals surface area contributed by atoms with Crippen LogP contribution in [0, 0.1) is 6.92 Å². The molecule has 1 amide bonds. The van der Waals surface area contributed by atoms with Crippen molar-refractivity contribution in [2.24, 2.45) is 0 Å². The van der Waals surface area contributed by atoms with Crippen LogP contribution in [0.2, 0.25) is 0 Å². The van der Waals surface area contributed by atoms with E-state index < -0.39 is 29.9 Å². The number of carboxylic acid groups (broad SMARTS) is 1. The fourth-order valence-electron chi connectivity index (χ4n) is 4.51. The number of hydrogen-bond donors (Lipinski definition) is 2. The van der Waals surface area contributed by atoms with Crippen molar-refractivity contribution in [1.82, 2.24) is 10.3 Å². The summed E-state index contributed by atoms with van der Waals surface area (Å²) >= 11 is 3.44. The SMILES string of the molecule is Cc1c(-c2ccccc2)nc2ccc(Br)cc2c1C(=O)NCC(CCC(=O)O)c1ccccc1OC(F)(F)F. The van der Waals surface area contributed by atoms with E-state index in [1.807, 2.05) is 36.4 Å². The number of pyridine rings is 1. The van der Waals surface area contributed by atoms with Gasteiger partial charge in [0.1, 0.15) is 5.75 Å². The molecule has 0 aliphatic heterocycles. The first-order valence-corrected chi connectivity index (χ1v) is 12.8. The molecule has 4 aromatic rings. The summed E-state index contributed by atoms with van der Waals surface area (Å²) in [5.74, 6) is -2.74. The number of rotatable bonds is 9. The third-order valence-corrected chi connectivity index (χ3v) is 6.76. The van der Waals surface area contributed by atoms with Gasteiger partial charge in [-0.2, -0.15) is 0 Å². The van der Waals surface area contributed by atoms with Crippen LogP contribution in [-0.2, 0) is 4.79 Å². The highest BCUT2D eigenvalue weighted by Crippen LogP contribution is 2.34. The largest absolute Gasteiger partial charge is 0.573 e. The minimum atomic E-state index is -4.93. The lowest BCUT2D eigenvalue weighted by molar-refractivity contribution is -0.275. The maximum Gasteiger partial charge on any atom is 0.573 e. The molecule has 0 radical (unpaired) electrons. The smallest absolute Gasteiger partial charge is 0.481 e. The Morgan fingerprint density at radius 2 is 1.74 bits per heavy atom. The van der Waals surface area contributed by atoms with Gasteiger partial charge < -0.3 is 15.2 Å². The Labute approximate surface area is 231 Å². The van der Waals surface area contributed by atoms with Gasteiger partial charge in [-0.15, -0.1) is 13.2 Å². The van der Waals surface area contributed by atoms with Crippen LogP contribution in [0.15, 0.2) is 77.3 Å². The number of alkyl halides is 3. The first kappa shape index (κ1) is 28.1. The minimum absolute atomic E-state index is 0.00919. The van der Waals surface area contributed by atoms with E-state index in [-0.39, 0.29) is 24.9 Å². The van der Waals surface area contributed by atoms with E-state index in [1.165, 1.54) is 18.2 Å². The lowest BCUT2D eigenvalue weighted by Gasteiger charge is -2.22. The molecule has 10 heteroatoms. The fraction of sp³-hybridized carbons (Fsp3) is 0.207. The number of ether oxygens (including phenoxy) is 1. The van der Waals surface area contributed by atoms with Crippen LogP contribution in [0.5, 0.6) is 5.75 Å². The molecule has 0 saturated heterocycles. The van der Waals surface area contributed by atoms with Crippen LogP contribution >= 0.6 is 15.9 Å². The quantitative estimate of drug-likeness (QED) is 0.211. The Bertz CT molecular complexity index is 1510. The topological polar surface area (TPSA) is 88.5 Å². The van der Waals surface area contributed by atoms with Gasteiger partial charge in [-0.3, -0.25) is 9.59 Å². The molecule has 0 fully saturated rings. The summed E-state index contributed by atoms with van der Waals surface area (Å²) in [5.41, 5.74) is 3.21. The van der Waals surface area contributed by atoms with Crippen molar-refractivity contribution >= 4 is 38.7 Å². The number of carbonyl (C=O) groups excluding carboxylic acids is 1. The Balaban J connectivity index is 1.71.